The van der Waals surface area contributed by atoms with Gasteiger partial charge in [0.15, 0.2) is 11.6 Å². The highest BCUT2D eigenvalue weighted by Crippen LogP contribution is 2.24. The van der Waals surface area contributed by atoms with E-state index in [0.717, 1.165) is 16.8 Å². The molecule has 0 spiro atoms. The summed E-state index contributed by atoms with van der Waals surface area (Å²) < 4.78 is 5.56. The summed E-state index contributed by atoms with van der Waals surface area (Å²) in [6.45, 7) is 8.07. The molecular weight excluding hydrogens is 550 g/mol. The molecule has 0 aliphatic heterocycles. The Labute approximate surface area is 247 Å². The van der Waals surface area contributed by atoms with Crippen molar-refractivity contribution in [1.29, 1.82) is 0 Å². The number of hydrogen-bond acceptors (Lipinski definition) is 10. The summed E-state index contributed by atoms with van der Waals surface area (Å²) >= 11 is 0. The minimum Gasteiger partial charge on any atom is -0.368 e. The minimum absolute atomic E-state index is 0.157. The number of ether oxygens (including phenoxy) is 1. The predicted octanol–water partition coefficient (Wildman–Crippen LogP) is 3.60. The van der Waals surface area contributed by atoms with E-state index in [-0.39, 0.29) is 30.1 Å². The molecule has 2 amide bonds. The van der Waals surface area contributed by atoms with E-state index in [1.165, 1.54) is 0 Å². The third kappa shape index (κ3) is 7.68. The van der Waals surface area contributed by atoms with Crippen molar-refractivity contribution in [2.45, 2.75) is 40.2 Å². The first-order valence-electron chi connectivity index (χ1n) is 13.7. The summed E-state index contributed by atoms with van der Waals surface area (Å²) in [5.74, 6) is 0.916. The van der Waals surface area contributed by atoms with E-state index in [1.54, 1.807) is 31.5 Å². The first-order valence-corrected chi connectivity index (χ1v) is 13.7. The minimum atomic E-state index is -0.633. The first kappa shape index (κ1) is 29.1. The first-order chi connectivity index (χ1) is 20.7. The Morgan fingerprint density at radius 1 is 0.860 bits per heavy atom. The molecule has 4 N–H and O–H groups in total. The molecule has 0 bridgehead atoms. The normalized spacial score (nSPS) is 11.8. The molecule has 5 heterocycles. The van der Waals surface area contributed by atoms with E-state index in [0.29, 0.717) is 41.3 Å². The number of nitrogens with zero attached hydrogens (tertiary/aromatic N) is 7. The average molecular weight is 582 g/mol. The van der Waals surface area contributed by atoms with Crippen molar-refractivity contribution in [3.63, 3.8) is 0 Å². The van der Waals surface area contributed by atoms with Crippen LogP contribution in [-0.4, -0.2) is 69.8 Å². The summed E-state index contributed by atoms with van der Waals surface area (Å²) in [5.41, 5.74) is 4.13. The molecule has 1 unspecified atom stereocenters. The van der Waals surface area contributed by atoms with Crippen molar-refractivity contribution in [3.8, 4) is 34.3 Å². The fourth-order valence-corrected chi connectivity index (χ4v) is 3.91. The maximum absolute atomic E-state index is 12.4. The van der Waals surface area contributed by atoms with Crippen LogP contribution in [0.2, 0.25) is 0 Å². The summed E-state index contributed by atoms with van der Waals surface area (Å²) in [4.78, 5) is 44.1. The number of anilines is 2. The number of aromatic nitrogens is 9. The van der Waals surface area contributed by atoms with E-state index >= 15 is 0 Å². The van der Waals surface area contributed by atoms with Crippen molar-refractivity contribution in [1.82, 2.24) is 45.3 Å². The highest BCUT2D eigenvalue weighted by Gasteiger charge is 2.17. The molecule has 1 atom stereocenters. The Morgan fingerprint density at radius 3 is 2.30 bits per heavy atom. The SMILES string of the molecule is Cc1ccc(CC(=O)Nc2nnc(-c3cc(-c4cccc(-c5nnc(NC(=O)C(C)OCC(C)C)[nH]5)n4)ccn3)[nH]2)cn1. The Kier molecular flexibility index (Phi) is 8.86. The molecule has 0 fully saturated rings. The molecule has 14 nitrogen and oxygen atoms in total. The van der Waals surface area contributed by atoms with Gasteiger partial charge in [-0.25, -0.2) is 4.98 Å². The van der Waals surface area contributed by atoms with Crippen LogP contribution in [0.3, 0.4) is 0 Å². The Balaban J connectivity index is 1.25. The van der Waals surface area contributed by atoms with Gasteiger partial charge in [-0.15, -0.1) is 20.4 Å². The van der Waals surface area contributed by atoms with E-state index in [2.05, 4.69) is 51.0 Å². The van der Waals surface area contributed by atoms with E-state index < -0.39 is 6.10 Å². The number of pyridine rings is 3. The van der Waals surface area contributed by atoms with Gasteiger partial charge < -0.3 is 14.7 Å². The molecule has 0 saturated heterocycles. The van der Waals surface area contributed by atoms with Gasteiger partial charge in [0.05, 0.1) is 12.1 Å². The maximum Gasteiger partial charge on any atom is 0.255 e. The smallest absolute Gasteiger partial charge is 0.255 e. The standard InChI is InChI=1S/C29H31N11O3/c1-16(2)15-43-18(4)27(42)36-29-34-25(37-40-29)22-7-5-6-21(32-22)20-10-11-30-23(13-20)26-35-28(39-38-26)33-24(41)12-19-9-8-17(3)31-14-19/h5-11,13-14,16,18H,12,15H2,1-4H3,(H2,33,35,38,39,41)(H2,34,36,37,40,42). The van der Waals surface area contributed by atoms with Gasteiger partial charge in [0.2, 0.25) is 17.8 Å². The van der Waals surface area contributed by atoms with Gasteiger partial charge in [0.25, 0.3) is 5.91 Å². The third-order valence-electron chi connectivity index (χ3n) is 6.15. The molecule has 5 aromatic heterocycles. The lowest BCUT2D eigenvalue weighted by Gasteiger charge is -2.13. The molecule has 0 aliphatic rings. The molecule has 0 saturated carbocycles. The molecule has 5 rings (SSSR count). The van der Waals surface area contributed by atoms with Crippen LogP contribution in [0.4, 0.5) is 11.9 Å². The molecule has 220 valence electrons. The second-order valence-corrected chi connectivity index (χ2v) is 10.3. The molecule has 14 heteroatoms. The monoisotopic (exact) mass is 581 g/mol. The Bertz CT molecular complexity index is 1710. The molecular formula is C29H31N11O3. The number of aryl methyl sites for hydroxylation is 1. The van der Waals surface area contributed by atoms with Crippen LogP contribution in [0.1, 0.15) is 32.0 Å². The van der Waals surface area contributed by atoms with Crippen LogP contribution in [0.5, 0.6) is 0 Å². The summed E-state index contributed by atoms with van der Waals surface area (Å²) in [6.07, 6.45) is 2.83. The number of H-pyrrole nitrogens is 2. The third-order valence-corrected chi connectivity index (χ3v) is 6.15. The van der Waals surface area contributed by atoms with Crippen LogP contribution < -0.4 is 10.6 Å². The second-order valence-electron chi connectivity index (χ2n) is 10.3. The predicted molar refractivity (Wildman–Crippen MR) is 158 cm³/mol. The van der Waals surface area contributed by atoms with Gasteiger partial charge in [-0.2, -0.15) is 0 Å². The zero-order chi connectivity index (χ0) is 30.3. The fourth-order valence-electron chi connectivity index (χ4n) is 3.91. The summed E-state index contributed by atoms with van der Waals surface area (Å²) in [7, 11) is 0. The number of aromatic amines is 2. The van der Waals surface area contributed by atoms with Gasteiger partial charge in [-0.1, -0.05) is 26.0 Å². The van der Waals surface area contributed by atoms with Crippen LogP contribution in [0.15, 0.2) is 54.9 Å². The highest BCUT2D eigenvalue weighted by atomic mass is 16.5. The molecule has 43 heavy (non-hydrogen) atoms. The lowest BCUT2D eigenvalue weighted by molar-refractivity contribution is -0.127. The molecule has 0 radical (unpaired) electrons. The van der Waals surface area contributed by atoms with Gasteiger partial charge in [0, 0.05) is 30.3 Å². The highest BCUT2D eigenvalue weighted by molar-refractivity contribution is 5.92. The largest absolute Gasteiger partial charge is 0.368 e. The molecule has 0 aliphatic carbocycles. The fraction of sp³-hybridized carbons (Fsp3) is 0.276. The molecule has 5 aromatic rings. The van der Waals surface area contributed by atoms with E-state index in [4.69, 9.17) is 9.72 Å². The summed E-state index contributed by atoms with van der Waals surface area (Å²) in [6, 6.07) is 12.8. The number of rotatable bonds is 11. The van der Waals surface area contributed by atoms with Crippen molar-refractivity contribution < 1.29 is 14.3 Å². The van der Waals surface area contributed by atoms with Crippen molar-refractivity contribution in [2.24, 2.45) is 5.92 Å². The number of nitrogens with one attached hydrogen (secondary N) is 4. The van der Waals surface area contributed by atoms with Crippen LogP contribution in [0.25, 0.3) is 34.3 Å². The maximum atomic E-state index is 12.4. The van der Waals surface area contributed by atoms with Crippen molar-refractivity contribution in [2.75, 3.05) is 17.2 Å². The van der Waals surface area contributed by atoms with Crippen LogP contribution >= 0.6 is 0 Å². The topological polar surface area (TPSA) is 189 Å². The van der Waals surface area contributed by atoms with Gasteiger partial charge in [-0.3, -0.25) is 30.2 Å². The zero-order valence-electron chi connectivity index (χ0n) is 24.1. The number of hydrogen-bond donors (Lipinski definition) is 4. The van der Waals surface area contributed by atoms with E-state index in [9.17, 15) is 9.59 Å². The summed E-state index contributed by atoms with van der Waals surface area (Å²) in [5, 5.41) is 21.7. The second kappa shape index (κ2) is 13.1. The zero-order valence-corrected chi connectivity index (χ0v) is 24.1. The lowest BCUT2D eigenvalue weighted by Crippen LogP contribution is -2.29. The molecule has 0 aromatic carbocycles. The van der Waals surface area contributed by atoms with Crippen molar-refractivity contribution >= 4 is 23.7 Å². The quantitative estimate of drug-likeness (QED) is 0.179. The van der Waals surface area contributed by atoms with Gasteiger partial charge in [-0.05, 0) is 55.7 Å². The number of carbonyl (C=O) groups is 2. The Hall–Kier alpha value is -5.37. The van der Waals surface area contributed by atoms with E-state index in [1.807, 2.05) is 51.1 Å². The lowest BCUT2D eigenvalue weighted by atomic mass is 10.1. The van der Waals surface area contributed by atoms with Crippen molar-refractivity contribution in [3.05, 3.63) is 66.1 Å². The van der Waals surface area contributed by atoms with Gasteiger partial charge >= 0.3 is 0 Å². The number of amides is 2. The van der Waals surface area contributed by atoms with Crippen LogP contribution in [0, 0.1) is 12.8 Å². The van der Waals surface area contributed by atoms with Crippen LogP contribution in [-0.2, 0) is 20.7 Å². The number of carbonyl (C=O) groups excluding carboxylic acids is 2. The Morgan fingerprint density at radius 2 is 1.58 bits per heavy atom. The van der Waals surface area contributed by atoms with Gasteiger partial charge in [0.1, 0.15) is 17.5 Å². The average Bonchev–Trinajstić information content (AvgIpc) is 3.67.